The molecule has 3 aliphatic rings. The number of hydrogen-bond acceptors (Lipinski definition) is 6. The average molecular weight is 422 g/mol. The van der Waals surface area contributed by atoms with Crippen molar-refractivity contribution >= 4 is 27.5 Å². The van der Waals surface area contributed by atoms with Crippen LogP contribution in [-0.4, -0.2) is 56.6 Å². The van der Waals surface area contributed by atoms with Gasteiger partial charge in [-0.3, -0.25) is 9.69 Å². The smallest absolute Gasteiger partial charge is 0.279 e. The summed E-state index contributed by atoms with van der Waals surface area (Å²) in [6, 6.07) is 16.9. The van der Waals surface area contributed by atoms with Gasteiger partial charge in [0.15, 0.2) is 0 Å². The number of amides is 1. The molecule has 0 radical (unpaired) electrons. The number of para-hydroxylation sites is 1. The fourth-order valence-electron chi connectivity index (χ4n) is 4.68. The van der Waals surface area contributed by atoms with Gasteiger partial charge in [-0.25, -0.2) is 4.98 Å². The van der Waals surface area contributed by atoms with Gasteiger partial charge in [-0.15, -0.1) is 0 Å². The molecule has 2 bridgehead atoms. The number of benzene rings is 2. The Kier molecular flexibility index (Phi) is 4.13. The van der Waals surface area contributed by atoms with Gasteiger partial charge in [-0.1, -0.05) is 35.6 Å². The number of likely N-dealkylation sites (tertiary alicyclic amines) is 2. The van der Waals surface area contributed by atoms with E-state index in [-0.39, 0.29) is 11.9 Å². The molecule has 3 aromatic rings. The minimum absolute atomic E-state index is 0.0500. The standard InChI is InChI=1S/C23H23N3O3S/c27-21(23(28)9-10-23)26-14-16-11-17(26)13-25(16)12-15-5-7-18(8-6-15)29-22-24-19-3-1-2-4-20(19)30-22/h1-8,16-17,28H,9-14H2/t16-,17-/m0/s1. The van der Waals surface area contributed by atoms with Gasteiger partial charge in [0.05, 0.1) is 10.2 Å². The lowest BCUT2D eigenvalue weighted by atomic mass is 10.1. The molecule has 30 heavy (non-hydrogen) atoms. The summed E-state index contributed by atoms with van der Waals surface area (Å²) in [4.78, 5) is 21.4. The van der Waals surface area contributed by atoms with Crippen LogP contribution in [0.5, 0.6) is 10.9 Å². The Morgan fingerprint density at radius 1 is 1.13 bits per heavy atom. The Labute approximate surface area is 178 Å². The fourth-order valence-corrected chi connectivity index (χ4v) is 5.52. The van der Waals surface area contributed by atoms with Gasteiger partial charge in [-0.2, -0.15) is 0 Å². The molecule has 1 amide bonds. The second-order valence-corrected chi connectivity index (χ2v) is 9.65. The molecule has 3 heterocycles. The molecule has 2 aliphatic heterocycles. The first-order valence-corrected chi connectivity index (χ1v) is 11.3. The van der Waals surface area contributed by atoms with Crippen LogP contribution in [0.25, 0.3) is 10.2 Å². The van der Waals surface area contributed by atoms with E-state index in [1.165, 1.54) is 5.56 Å². The second-order valence-electron chi connectivity index (χ2n) is 8.66. The summed E-state index contributed by atoms with van der Waals surface area (Å²) in [7, 11) is 0. The predicted molar refractivity (Wildman–Crippen MR) is 115 cm³/mol. The van der Waals surface area contributed by atoms with Gasteiger partial charge < -0.3 is 14.7 Å². The maximum absolute atomic E-state index is 12.5. The third-order valence-corrected chi connectivity index (χ3v) is 7.44. The molecule has 1 aliphatic carbocycles. The quantitative estimate of drug-likeness (QED) is 0.684. The number of carbonyl (C=O) groups is 1. The number of nitrogens with zero attached hydrogens (tertiary/aromatic N) is 3. The minimum atomic E-state index is -1.05. The molecule has 154 valence electrons. The van der Waals surface area contributed by atoms with Crippen molar-refractivity contribution in [1.29, 1.82) is 0 Å². The molecular weight excluding hydrogens is 398 g/mol. The molecule has 2 saturated heterocycles. The summed E-state index contributed by atoms with van der Waals surface area (Å²) in [6.45, 7) is 2.50. The highest BCUT2D eigenvalue weighted by Gasteiger charge is 2.55. The van der Waals surface area contributed by atoms with E-state index in [2.05, 4.69) is 22.0 Å². The largest absolute Gasteiger partial charge is 0.431 e. The Morgan fingerprint density at radius 2 is 1.93 bits per heavy atom. The maximum Gasteiger partial charge on any atom is 0.279 e. The molecule has 1 N–H and O–H groups in total. The molecule has 0 unspecified atom stereocenters. The van der Waals surface area contributed by atoms with Crippen molar-refractivity contribution < 1.29 is 14.6 Å². The van der Waals surface area contributed by atoms with Gasteiger partial charge in [0.2, 0.25) is 0 Å². The van der Waals surface area contributed by atoms with Crippen LogP contribution in [0.2, 0.25) is 0 Å². The molecule has 3 fully saturated rings. The molecular formula is C23H23N3O3S. The van der Waals surface area contributed by atoms with Crippen LogP contribution in [0.4, 0.5) is 0 Å². The predicted octanol–water partition coefficient (Wildman–Crippen LogP) is 3.40. The molecule has 2 atom stereocenters. The van der Waals surface area contributed by atoms with Gasteiger partial charge in [-0.05, 0) is 49.1 Å². The zero-order chi connectivity index (χ0) is 20.3. The van der Waals surface area contributed by atoms with Crippen molar-refractivity contribution in [1.82, 2.24) is 14.8 Å². The first kappa shape index (κ1) is 18.3. The number of fused-ring (bicyclic) bond motifs is 3. The second kappa shape index (κ2) is 6.77. The van der Waals surface area contributed by atoms with Gasteiger partial charge in [0.1, 0.15) is 11.4 Å². The lowest BCUT2D eigenvalue weighted by Gasteiger charge is -2.35. The topological polar surface area (TPSA) is 65.9 Å². The number of aliphatic hydroxyl groups is 1. The van der Waals surface area contributed by atoms with E-state index in [0.29, 0.717) is 24.1 Å². The van der Waals surface area contributed by atoms with Crippen LogP contribution >= 0.6 is 11.3 Å². The Bertz CT molecular complexity index is 1080. The molecule has 6 nitrogen and oxygen atoms in total. The highest BCUT2D eigenvalue weighted by molar-refractivity contribution is 7.20. The zero-order valence-electron chi connectivity index (χ0n) is 16.5. The number of rotatable bonds is 5. The van der Waals surface area contributed by atoms with E-state index in [1.54, 1.807) is 11.3 Å². The number of ether oxygens (including phenoxy) is 1. The Balaban J connectivity index is 1.08. The highest BCUT2D eigenvalue weighted by Crippen LogP contribution is 2.41. The summed E-state index contributed by atoms with van der Waals surface area (Å²) in [5, 5.41) is 10.8. The van der Waals surface area contributed by atoms with Crippen LogP contribution in [-0.2, 0) is 11.3 Å². The van der Waals surface area contributed by atoms with Gasteiger partial charge >= 0.3 is 0 Å². The summed E-state index contributed by atoms with van der Waals surface area (Å²) >= 11 is 1.55. The lowest BCUT2D eigenvalue weighted by molar-refractivity contribution is -0.144. The zero-order valence-corrected chi connectivity index (χ0v) is 17.3. The lowest BCUT2D eigenvalue weighted by Crippen LogP contribution is -2.51. The van der Waals surface area contributed by atoms with Crippen LogP contribution < -0.4 is 4.74 Å². The van der Waals surface area contributed by atoms with E-state index < -0.39 is 5.60 Å². The minimum Gasteiger partial charge on any atom is -0.431 e. The third kappa shape index (κ3) is 3.17. The van der Waals surface area contributed by atoms with Crippen LogP contribution in [0.3, 0.4) is 0 Å². The third-order valence-electron chi connectivity index (χ3n) is 6.53. The SMILES string of the molecule is O=C(N1C[C@@H]2C[C@H]1CN2Cc1ccc(Oc2nc3ccccc3s2)cc1)C1(O)CC1. The molecule has 7 heteroatoms. The van der Waals surface area contributed by atoms with E-state index in [4.69, 9.17) is 4.74 Å². The molecule has 0 spiro atoms. The summed E-state index contributed by atoms with van der Waals surface area (Å²) in [5.41, 5.74) is 1.14. The number of hydrogen-bond donors (Lipinski definition) is 1. The van der Waals surface area contributed by atoms with E-state index in [1.807, 2.05) is 41.3 Å². The van der Waals surface area contributed by atoms with E-state index in [0.717, 1.165) is 42.0 Å². The van der Waals surface area contributed by atoms with Gasteiger partial charge in [0, 0.05) is 31.7 Å². The fraction of sp³-hybridized carbons (Fsp3) is 0.391. The highest BCUT2D eigenvalue weighted by atomic mass is 32.1. The number of carbonyl (C=O) groups excluding carboxylic acids is 1. The number of aromatic nitrogens is 1. The van der Waals surface area contributed by atoms with Crippen molar-refractivity contribution in [2.75, 3.05) is 13.1 Å². The van der Waals surface area contributed by atoms with Crippen molar-refractivity contribution in [3.8, 4) is 10.9 Å². The van der Waals surface area contributed by atoms with Crippen molar-refractivity contribution in [3.63, 3.8) is 0 Å². The van der Waals surface area contributed by atoms with Crippen LogP contribution in [0.1, 0.15) is 24.8 Å². The molecule has 1 aromatic heterocycles. The first-order valence-electron chi connectivity index (χ1n) is 10.5. The van der Waals surface area contributed by atoms with Crippen molar-refractivity contribution in [3.05, 3.63) is 54.1 Å². The van der Waals surface area contributed by atoms with E-state index >= 15 is 0 Å². The monoisotopic (exact) mass is 421 g/mol. The summed E-state index contributed by atoms with van der Waals surface area (Å²) in [6.07, 6.45) is 2.25. The number of piperazine rings is 1. The van der Waals surface area contributed by atoms with Gasteiger partial charge in [0.25, 0.3) is 11.1 Å². The van der Waals surface area contributed by atoms with Crippen molar-refractivity contribution in [2.45, 2.75) is 43.5 Å². The van der Waals surface area contributed by atoms with Crippen LogP contribution in [0.15, 0.2) is 48.5 Å². The average Bonchev–Trinajstić information content (AvgIpc) is 3.09. The first-order chi connectivity index (χ1) is 14.6. The molecule has 1 saturated carbocycles. The molecule has 6 rings (SSSR count). The Morgan fingerprint density at radius 3 is 2.63 bits per heavy atom. The van der Waals surface area contributed by atoms with Crippen molar-refractivity contribution in [2.24, 2.45) is 0 Å². The summed E-state index contributed by atoms with van der Waals surface area (Å²) in [5.74, 6) is 0.737. The van der Waals surface area contributed by atoms with E-state index in [9.17, 15) is 9.90 Å². The molecule has 2 aromatic carbocycles. The van der Waals surface area contributed by atoms with Crippen LogP contribution in [0, 0.1) is 0 Å². The summed E-state index contributed by atoms with van der Waals surface area (Å²) < 4.78 is 7.06. The normalized spacial score (nSPS) is 24.5. The maximum atomic E-state index is 12.5. The Hall–Kier alpha value is -2.48. The number of thiazole rings is 1.